The van der Waals surface area contributed by atoms with Crippen molar-refractivity contribution in [2.75, 3.05) is 19.8 Å². The maximum absolute atomic E-state index is 10.4. The molecule has 100 valence electrons. The van der Waals surface area contributed by atoms with Gasteiger partial charge in [0.05, 0.1) is 19.8 Å². The lowest BCUT2D eigenvalue weighted by molar-refractivity contribution is -0.209. The van der Waals surface area contributed by atoms with Crippen LogP contribution in [0, 0.1) is 0 Å². The highest BCUT2D eigenvalue weighted by molar-refractivity contribution is 5.73. The number of carboxylic acid groups (broad SMARTS) is 1. The van der Waals surface area contributed by atoms with E-state index < -0.39 is 43.0 Å². The molecule has 0 aliphatic carbocycles. The number of carbonyl (C=O) groups is 1. The first-order chi connectivity index (χ1) is 7.97. The molecule has 0 aromatic heterocycles. The summed E-state index contributed by atoms with van der Waals surface area (Å²) in [6.45, 7) is -0.758. The number of aliphatic hydroxyl groups is 3. The summed E-state index contributed by atoms with van der Waals surface area (Å²) in [5.41, 5.74) is 5.22. The fourth-order valence-electron chi connectivity index (χ4n) is 1.46. The third kappa shape index (κ3) is 3.60. The molecule has 1 aliphatic rings. The Labute approximate surface area is 97.6 Å². The van der Waals surface area contributed by atoms with Crippen LogP contribution in [0.3, 0.4) is 0 Å². The van der Waals surface area contributed by atoms with Crippen LogP contribution in [0.15, 0.2) is 0 Å². The van der Waals surface area contributed by atoms with Crippen molar-refractivity contribution in [1.82, 2.24) is 0 Å². The maximum atomic E-state index is 10.4. The monoisotopic (exact) mass is 251 g/mol. The average molecular weight is 251 g/mol. The molecule has 0 bridgehead atoms. The van der Waals surface area contributed by atoms with E-state index >= 15 is 0 Å². The molecule has 17 heavy (non-hydrogen) atoms. The maximum Gasteiger partial charge on any atom is 0.322 e. The van der Waals surface area contributed by atoms with E-state index in [1.54, 1.807) is 0 Å². The molecule has 0 radical (unpaired) electrons. The Balaban J connectivity index is 2.43. The van der Waals surface area contributed by atoms with Crippen LogP contribution in [0.5, 0.6) is 0 Å². The number of aliphatic hydroxyl groups excluding tert-OH is 3. The lowest BCUT2D eigenvalue weighted by atomic mass is 10.0. The van der Waals surface area contributed by atoms with E-state index in [0.717, 1.165) is 0 Å². The minimum absolute atomic E-state index is 0.0458. The van der Waals surface area contributed by atoms with Gasteiger partial charge in [0.15, 0.2) is 0 Å². The van der Waals surface area contributed by atoms with Crippen molar-refractivity contribution in [3.63, 3.8) is 0 Å². The molecule has 8 nitrogen and oxygen atoms in total. The third-order valence-corrected chi connectivity index (χ3v) is 2.57. The highest BCUT2D eigenvalue weighted by atomic mass is 16.6. The third-order valence-electron chi connectivity index (χ3n) is 2.57. The highest BCUT2D eigenvalue weighted by Crippen LogP contribution is 2.17. The van der Waals surface area contributed by atoms with E-state index in [9.17, 15) is 15.0 Å². The molecule has 6 N–H and O–H groups in total. The number of aliphatic carboxylic acids is 1. The van der Waals surface area contributed by atoms with Gasteiger partial charge >= 0.3 is 5.97 Å². The quantitative estimate of drug-likeness (QED) is 0.346. The normalized spacial score (nSPS) is 35.5. The number of hydrogen-bond acceptors (Lipinski definition) is 7. The number of carboxylic acids is 1. The van der Waals surface area contributed by atoms with Gasteiger partial charge in [0, 0.05) is 0 Å². The van der Waals surface area contributed by atoms with Gasteiger partial charge in [-0.05, 0) is 0 Å². The van der Waals surface area contributed by atoms with Gasteiger partial charge in [-0.25, -0.2) is 0 Å². The summed E-state index contributed by atoms with van der Waals surface area (Å²) in [4.78, 5) is 10.4. The van der Waals surface area contributed by atoms with E-state index in [2.05, 4.69) is 0 Å². The second-order valence-electron chi connectivity index (χ2n) is 3.85. The van der Waals surface area contributed by atoms with E-state index in [0.29, 0.717) is 0 Å². The fourth-order valence-corrected chi connectivity index (χ4v) is 1.46. The summed E-state index contributed by atoms with van der Waals surface area (Å²) in [7, 11) is 0. The van der Waals surface area contributed by atoms with Crippen molar-refractivity contribution in [2.45, 2.75) is 30.5 Å². The van der Waals surface area contributed by atoms with Crippen molar-refractivity contribution in [3.8, 4) is 0 Å². The van der Waals surface area contributed by atoms with Gasteiger partial charge in [-0.3, -0.25) is 4.79 Å². The zero-order valence-corrected chi connectivity index (χ0v) is 9.10. The molecule has 1 fully saturated rings. The van der Waals surface area contributed by atoms with Crippen molar-refractivity contribution in [3.05, 3.63) is 0 Å². The summed E-state index contributed by atoms with van der Waals surface area (Å²) >= 11 is 0. The summed E-state index contributed by atoms with van der Waals surface area (Å²) < 4.78 is 10.1. The summed E-state index contributed by atoms with van der Waals surface area (Å²) in [6, 6.07) is -1.20. The van der Waals surface area contributed by atoms with Crippen molar-refractivity contribution < 1.29 is 34.7 Å². The van der Waals surface area contributed by atoms with Crippen LogP contribution >= 0.6 is 0 Å². The zero-order valence-electron chi connectivity index (χ0n) is 9.10. The van der Waals surface area contributed by atoms with Gasteiger partial charge in [0.2, 0.25) is 0 Å². The minimum Gasteiger partial charge on any atom is -0.480 e. The smallest absolute Gasteiger partial charge is 0.322 e. The standard InChI is InChI=1S/C9H17NO7/c10-4(9(14)15)2-16-6-3-17-5(1-11)7(12)8(6)13/h4-8,11-13H,1-3,10H2,(H,14,15)/t4-,5+,6-,7-,8+/m0/s1. The second-order valence-corrected chi connectivity index (χ2v) is 3.85. The minimum atomic E-state index is -1.28. The first-order valence-corrected chi connectivity index (χ1v) is 5.16. The first-order valence-electron chi connectivity index (χ1n) is 5.16. The first kappa shape index (κ1) is 14.3. The Bertz CT molecular complexity index is 262. The van der Waals surface area contributed by atoms with Crippen LogP contribution in [-0.2, 0) is 14.3 Å². The Morgan fingerprint density at radius 1 is 1.47 bits per heavy atom. The topological polar surface area (TPSA) is 142 Å². The van der Waals surface area contributed by atoms with E-state index in [1.165, 1.54) is 0 Å². The molecule has 0 spiro atoms. The Morgan fingerprint density at radius 2 is 2.12 bits per heavy atom. The largest absolute Gasteiger partial charge is 0.480 e. The van der Waals surface area contributed by atoms with Gasteiger partial charge in [-0.1, -0.05) is 0 Å². The van der Waals surface area contributed by atoms with Crippen LogP contribution in [-0.4, -0.2) is 76.7 Å². The van der Waals surface area contributed by atoms with Gasteiger partial charge in [0.1, 0.15) is 30.5 Å². The van der Waals surface area contributed by atoms with Crippen LogP contribution in [0.2, 0.25) is 0 Å². The van der Waals surface area contributed by atoms with E-state index in [1.807, 2.05) is 0 Å². The Morgan fingerprint density at radius 3 is 2.65 bits per heavy atom. The van der Waals surface area contributed by atoms with Crippen molar-refractivity contribution in [2.24, 2.45) is 5.73 Å². The zero-order chi connectivity index (χ0) is 13.0. The molecular formula is C9H17NO7. The molecule has 0 amide bonds. The summed E-state index contributed by atoms with van der Waals surface area (Å²) in [5, 5.41) is 36.5. The molecule has 1 aliphatic heterocycles. The SMILES string of the molecule is N[C@@H](CO[C@H]1CO[C@H](CO)[C@H](O)[C@@H]1O)C(=O)O. The highest BCUT2D eigenvalue weighted by Gasteiger charge is 2.38. The number of nitrogens with two attached hydrogens (primary N) is 1. The Hall–Kier alpha value is -0.770. The van der Waals surface area contributed by atoms with Gasteiger partial charge < -0.3 is 35.6 Å². The fraction of sp³-hybridized carbons (Fsp3) is 0.889. The molecule has 1 heterocycles. The van der Waals surface area contributed by atoms with E-state index in [-0.39, 0.29) is 13.2 Å². The van der Waals surface area contributed by atoms with Gasteiger partial charge in [-0.2, -0.15) is 0 Å². The number of ether oxygens (including phenoxy) is 2. The van der Waals surface area contributed by atoms with E-state index in [4.69, 9.17) is 25.4 Å². The predicted octanol–water partition coefficient (Wildman–Crippen LogP) is -3.10. The molecule has 0 saturated carbocycles. The second kappa shape index (κ2) is 6.24. The molecule has 0 aromatic carbocycles. The van der Waals surface area contributed by atoms with Crippen molar-refractivity contribution >= 4 is 5.97 Å². The van der Waals surface area contributed by atoms with Gasteiger partial charge in [0.25, 0.3) is 0 Å². The predicted molar refractivity (Wildman–Crippen MR) is 54.2 cm³/mol. The molecule has 1 rings (SSSR count). The van der Waals surface area contributed by atoms with Crippen LogP contribution in [0.25, 0.3) is 0 Å². The molecule has 0 aromatic rings. The average Bonchev–Trinajstić information content (AvgIpc) is 2.30. The molecular weight excluding hydrogens is 234 g/mol. The molecule has 5 atom stereocenters. The van der Waals surface area contributed by atoms with Crippen molar-refractivity contribution in [1.29, 1.82) is 0 Å². The van der Waals surface area contributed by atoms with Crippen LogP contribution in [0.4, 0.5) is 0 Å². The van der Waals surface area contributed by atoms with Gasteiger partial charge in [-0.15, -0.1) is 0 Å². The molecule has 8 heteroatoms. The summed E-state index contributed by atoms with van der Waals surface area (Å²) in [5.74, 6) is -1.22. The Kier molecular flexibility index (Phi) is 5.25. The number of rotatable bonds is 5. The lowest BCUT2D eigenvalue weighted by Crippen LogP contribution is -2.55. The number of hydrogen-bond donors (Lipinski definition) is 5. The molecule has 1 saturated heterocycles. The summed E-state index contributed by atoms with van der Waals surface area (Å²) in [6.07, 6.45) is -4.25. The molecule has 0 unspecified atom stereocenters. The van der Waals surface area contributed by atoms with Crippen LogP contribution in [0.1, 0.15) is 0 Å². The lowest BCUT2D eigenvalue weighted by Gasteiger charge is -2.36. The van der Waals surface area contributed by atoms with Crippen LogP contribution < -0.4 is 5.73 Å².